The highest BCUT2D eigenvalue weighted by atomic mass is 16.5. The number of nitrogens with zero attached hydrogens (tertiary/aromatic N) is 5. The molecule has 0 radical (unpaired) electrons. The van der Waals surface area contributed by atoms with Gasteiger partial charge in [-0.2, -0.15) is 14.5 Å². The van der Waals surface area contributed by atoms with E-state index in [1.807, 2.05) is 0 Å². The number of fused-ring (bicyclic) bond motifs is 1. The van der Waals surface area contributed by atoms with Crippen LogP contribution in [0.4, 0.5) is 5.95 Å². The van der Waals surface area contributed by atoms with Crippen LogP contribution in [0.2, 0.25) is 0 Å². The number of nitrogens with two attached hydrogens (primary N) is 1. The first-order valence-corrected chi connectivity index (χ1v) is 6.48. The van der Waals surface area contributed by atoms with Gasteiger partial charge in [-0.05, 0) is 0 Å². The van der Waals surface area contributed by atoms with Crippen molar-refractivity contribution in [2.24, 2.45) is 11.7 Å². The van der Waals surface area contributed by atoms with Crippen LogP contribution in [-0.2, 0) is 9.59 Å². The van der Waals surface area contributed by atoms with Gasteiger partial charge in [0.2, 0.25) is 17.5 Å². The van der Waals surface area contributed by atoms with Crippen LogP contribution in [0.25, 0.3) is 5.65 Å². The van der Waals surface area contributed by atoms with E-state index in [1.54, 1.807) is 0 Å². The summed E-state index contributed by atoms with van der Waals surface area (Å²) in [6.45, 7) is 0.156. The Labute approximate surface area is 124 Å². The minimum absolute atomic E-state index is 0.0530. The first kappa shape index (κ1) is 14.0. The quantitative estimate of drug-likeness (QED) is 0.766. The molecule has 0 bridgehead atoms. The highest BCUT2D eigenvalue weighted by Gasteiger charge is 2.36. The highest BCUT2D eigenvalue weighted by Crippen LogP contribution is 2.27. The molecule has 116 valence electrons. The predicted octanol–water partition coefficient (Wildman–Crippen LogP) is -1.02. The Hall–Kier alpha value is -2.91. The first-order valence-electron chi connectivity index (χ1n) is 6.48. The minimum atomic E-state index is -0.541. The molecular formula is C12H14N6O4. The lowest BCUT2D eigenvalue weighted by Gasteiger charge is -2.10. The van der Waals surface area contributed by atoms with Crippen LogP contribution in [-0.4, -0.2) is 52.2 Å². The van der Waals surface area contributed by atoms with Crippen LogP contribution in [0.1, 0.15) is 6.42 Å². The summed E-state index contributed by atoms with van der Waals surface area (Å²) in [4.78, 5) is 32.9. The molecule has 2 aromatic heterocycles. The van der Waals surface area contributed by atoms with Crippen molar-refractivity contribution in [1.82, 2.24) is 19.6 Å². The van der Waals surface area contributed by atoms with E-state index in [2.05, 4.69) is 15.1 Å². The van der Waals surface area contributed by atoms with Crippen LogP contribution in [0, 0.1) is 5.92 Å². The number of anilines is 1. The van der Waals surface area contributed by atoms with Crippen molar-refractivity contribution in [2.45, 2.75) is 6.42 Å². The Morgan fingerprint density at radius 2 is 2.18 bits per heavy atom. The third kappa shape index (κ3) is 2.08. The summed E-state index contributed by atoms with van der Waals surface area (Å²) in [6, 6.07) is 0.202. The van der Waals surface area contributed by atoms with E-state index in [1.165, 1.54) is 29.8 Å². The molecule has 3 rings (SSSR count). The second kappa shape index (κ2) is 5.13. The number of methoxy groups -OCH3 is 2. The average molecular weight is 306 g/mol. The molecule has 10 heteroatoms. The monoisotopic (exact) mass is 306 g/mol. The maximum atomic E-state index is 12.0. The smallest absolute Gasteiger partial charge is 0.319 e. The first-order chi connectivity index (χ1) is 10.5. The molecule has 0 saturated carbocycles. The van der Waals surface area contributed by atoms with Crippen LogP contribution in [0.15, 0.2) is 6.20 Å². The summed E-state index contributed by atoms with van der Waals surface area (Å²) in [6.07, 6.45) is 1.50. The maximum absolute atomic E-state index is 12.0. The van der Waals surface area contributed by atoms with Gasteiger partial charge in [-0.1, -0.05) is 0 Å². The zero-order chi connectivity index (χ0) is 15.9. The third-order valence-electron chi connectivity index (χ3n) is 3.46. The summed E-state index contributed by atoms with van der Waals surface area (Å²) in [5.74, 6) is -0.779. The second-order valence-corrected chi connectivity index (χ2v) is 4.77. The molecule has 22 heavy (non-hydrogen) atoms. The van der Waals surface area contributed by atoms with Gasteiger partial charge in [0.25, 0.3) is 5.95 Å². The molecular weight excluding hydrogens is 292 g/mol. The Bertz CT molecular complexity index is 716. The lowest BCUT2D eigenvalue weighted by molar-refractivity contribution is -0.123. The molecule has 2 aromatic rings. The van der Waals surface area contributed by atoms with Gasteiger partial charge < -0.3 is 15.2 Å². The average Bonchev–Trinajstić information content (AvgIpc) is 3.09. The SMILES string of the molecule is COc1cnc(OC)n2nc(N3CC(C(N)=O)CC3=O)nc12. The van der Waals surface area contributed by atoms with Crippen molar-refractivity contribution in [3.63, 3.8) is 0 Å². The summed E-state index contributed by atoms with van der Waals surface area (Å²) < 4.78 is 11.6. The maximum Gasteiger partial charge on any atom is 0.319 e. The van der Waals surface area contributed by atoms with Crippen LogP contribution < -0.4 is 20.1 Å². The topological polar surface area (TPSA) is 125 Å². The Balaban J connectivity index is 2.05. The number of aromatic nitrogens is 4. The fourth-order valence-corrected chi connectivity index (χ4v) is 2.31. The van der Waals surface area contributed by atoms with Crippen molar-refractivity contribution in [3.05, 3.63) is 6.20 Å². The van der Waals surface area contributed by atoms with Gasteiger partial charge in [0.05, 0.1) is 26.3 Å². The molecule has 1 atom stereocenters. The predicted molar refractivity (Wildman–Crippen MR) is 73.5 cm³/mol. The lowest BCUT2D eigenvalue weighted by Crippen LogP contribution is -2.29. The fraction of sp³-hybridized carbons (Fsp3) is 0.417. The van der Waals surface area contributed by atoms with Gasteiger partial charge in [0.1, 0.15) is 0 Å². The van der Waals surface area contributed by atoms with Crippen molar-refractivity contribution < 1.29 is 19.1 Å². The minimum Gasteiger partial charge on any atom is -0.491 e. The molecule has 1 aliphatic heterocycles. The van der Waals surface area contributed by atoms with E-state index in [4.69, 9.17) is 15.2 Å². The van der Waals surface area contributed by atoms with Crippen LogP contribution >= 0.6 is 0 Å². The van der Waals surface area contributed by atoms with Gasteiger partial charge in [0.15, 0.2) is 5.75 Å². The van der Waals surface area contributed by atoms with Crippen LogP contribution in [0.5, 0.6) is 11.8 Å². The zero-order valence-corrected chi connectivity index (χ0v) is 12.0. The van der Waals surface area contributed by atoms with E-state index in [0.29, 0.717) is 11.4 Å². The third-order valence-corrected chi connectivity index (χ3v) is 3.46. The van der Waals surface area contributed by atoms with Gasteiger partial charge in [-0.25, -0.2) is 0 Å². The molecule has 10 nitrogen and oxygen atoms in total. The van der Waals surface area contributed by atoms with E-state index >= 15 is 0 Å². The van der Waals surface area contributed by atoms with E-state index in [0.717, 1.165) is 0 Å². The largest absolute Gasteiger partial charge is 0.491 e. The number of primary amides is 1. The number of hydrogen-bond acceptors (Lipinski definition) is 7. The molecule has 1 unspecified atom stereocenters. The summed E-state index contributed by atoms with van der Waals surface area (Å²) in [5, 5.41) is 4.21. The number of carbonyl (C=O) groups excluding carboxylic acids is 2. The summed E-state index contributed by atoms with van der Waals surface area (Å²) in [7, 11) is 2.92. The van der Waals surface area contributed by atoms with Crippen LogP contribution in [0.3, 0.4) is 0 Å². The van der Waals surface area contributed by atoms with Crippen molar-refractivity contribution in [1.29, 1.82) is 0 Å². The molecule has 2 N–H and O–H groups in total. The molecule has 2 amide bonds. The molecule has 1 fully saturated rings. The number of carbonyl (C=O) groups is 2. The van der Waals surface area contributed by atoms with Gasteiger partial charge >= 0.3 is 6.01 Å². The fourth-order valence-electron chi connectivity index (χ4n) is 2.31. The second-order valence-electron chi connectivity index (χ2n) is 4.77. The van der Waals surface area contributed by atoms with E-state index in [-0.39, 0.29) is 30.8 Å². The molecule has 1 aliphatic rings. The molecule has 3 heterocycles. The standard InChI is InChI=1S/C12H14N6O4/c1-21-7-4-14-12(22-2)18-10(7)15-11(16-18)17-5-6(9(13)20)3-8(17)19/h4,6H,3,5H2,1-2H3,(H2,13,20). The van der Waals surface area contributed by atoms with Gasteiger partial charge in [0, 0.05) is 13.0 Å². The van der Waals surface area contributed by atoms with E-state index < -0.39 is 11.8 Å². The van der Waals surface area contributed by atoms with E-state index in [9.17, 15) is 9.59 Å². The number of ether oxygens (including phenoxy) is 2. The number of amides is 2. The zero-order valence-electron chi connectivity index (χ0n) is 12.0. The van der Waals surface area contributed by atoms with Crippen molar-refractivity contribution in [3.8, 4) is 11.8 Å². The number of rotatable bonds is 4. The lowest BCUT2D eigenvalue weighted by atomic mass is 10.1. The summed E-state index contributed by atoms with van der Waals surface area (Å²) >= 11 is 0. The Morgan fingerprint density at radius 3 is 2.77 bits per heavy atom. The normalized spacial score (nSPS) is 18.0. The molecule has 0 aromatic carbocycles. The number of hydrogen-bond donors (Lipinski definition) is 1. The highest BCUT2D eigenvalue weighted by molar-refractivity contribution is 5.99. The molecule has 0 spiro atoms. The van der Waals surface area contributed by atoms with Crippen molar-refractivity contribution in [2.75, 3.05) is 25.7 Å². The summed E-state index contributed by atoms with van der Waals surface area (Å²) in [5.41, 5.74) is 5.61. The Kier molecular flexibility index (Phi) is 3.28. The van der Waals surface area contributed by atoms with Crippen molar-refractivity contribution >= 4 is 23.4 Å². The van der Waals surface area contributed by atoms with Gasteiger partial charge in [-0.15, -0.1) is 5.10 Å². The molecule has 1 saturated heterocycles. The molecule has 0 aliphatic carbocycles. The Morgan fingerprint density at radius 1 is 1.41 bits per heavy atom. The van der Waals surface area contributed by atoms with Gasteiger partial charge in [-0.3, -0.25) is 14.5 Å².